The summed E-state index contributed by atoms with van der Waals surface area (Å²) < 4.78 is 5.23. The molecule has 2 heterocycles. The summed E-state index contributed by atoms with van der Waals surface area (Å²) in [7, 11) is 1.52. The number of carbonyl (C=O) groups is 1. The van der Waals surface area contributed by atoms with Gasteiger partial charge in [0.05, 0.1) is 48.6 Å². The molecule has 0 aliphatic heterocycles. The van der Waals surface area contributed by atoms with Crippen LogP contribution in [0.5, 0.6) is 5.75 Å². The summed E-state index contributed by atoms with van der Waals surface area (Å²) >= 11 is 0. The lowest BCUT2D eigenvalue weighted by Gasteiger charge is -2.17. The highest BCUT2D eigenvalue weighted by molar-refractivity contribution is 6.15. The van der Waals surface area contributed by atoms with Gasteiger partial charge in [0.25, 0.3) is 5.91 Å². The van der Waals surface area contributed by atoms with Crippen LogP contribution in [0.25, 0.3) is 0 Å². The van der Waals surface area contributed by atoms with Gasteiger partial charge in [0.1, 0.15) is 29.4 Å². The molecule has 0 unspecified atom stereocenters. The molecule has 1 amide bonds. The van der Waals surface area contributed by atoms with Crippen LogP contribution in [0.2, 0.25) is 0 Å². The number of para-hydroxylation sites is 1. The summed E-state index contributed by atoms with van der Waals surface area (Å²) in [5.74, 6) is 0.970. The lowest BCUT2D eigenvalue weighted by molar-refractivity contribution is 0.0947. The van der Waals surface area contributed by atoms with Gasteiger partial charge in [0.2, 0.25) is 0 Å². The Kier molecular flexibility index (Phi) is 6.72. The van der Waals surface area contributed by atoms with E-state index in [2.05, 4.69) is 30.6 Å². The third kappa shape index (κ3) is 5.05. The number of nitrogens with one attached hydrogen (secondary N) is 3. The van der Waals surface area contributed by atoms with Gasteiger partial charge in [-0.3, -0.25) is 20.2 Å². The number of anilines is 2. The number of hydrogen-bond donors (Lipinski definition) is 4. The fraction of sp³-hybridized carbons (Fsp3) is 0.304. The van der Waals surface area contributed by atoms with Gasteiger partial charge in [-0.15, -0.1) is 0 Å². The Bertz CT molecular complexity index is 1140. The van der Waals surface area contributed by atoms with E-state index in [1.54, 1.807) is 24.3 Å². The Balaban J connectivity index is 1.45. The van der Waals surface area contributed by atoms with Gasteiger partial charge in [-0.05, 0) is 25.0 Å². The molecule has 4 rings (SSSR count). The average Bonchev–Trinajstić information content (AvgIpc) is 3.35. The van der Waals surface area contributed by atoms with E-state index < -0.39 is 0 Å². The number of aromatic nitrogens is 4. The van der Waals surface area contributed by atoms with Crippen LogP contribution in [0.3, 0.4) is 0 Å². The molecule has 0 bridgehead atoms. The quantitative estimate of drug-likeness (QED) is 0.385. The molecule has 1 aliphatic rings. The van der Waals surface area contributed by atoms with Crippen molar-refractivity contribution in [3.63, 3.8) is 0 Å². The van der Waals surface area contributed by atoms with Gasteiger partial charge >= 0.3 is 0 Å². The summed E-state index contributed by atoms with van der Waals surface area (Å²) in [5, 5.41) is 14.8. The van der Waals surface area contributed by atoms with Crippen LogP contribution in [0.15, 0.2) is 43.0 Å². The summed E-state index contributed by atoms with van der Waals surface area (Å²) in [4.78, 5) is 29.5. The predicted octanol–water partition coefficient (Wildman–Crippen LogP) is 2.56. The Morgan fingerprint density at radius 3 is 2.67 bits per heavy atom. The van der Waals surface area contributed by atoms with Crippen molar-refractivity contribution < 1.29 is 9.53 Å². The van der Waals surface area contributed by atoms with Gasteiger partial charge in [0.15, 0.2) is 0 Å². The van der Waals surface area contributed by atoms with Crippen LogP contribution in [-0.4, -0.2) is 44.7 Å². The van der Waals surface area contributed by atoms with Crippen molar-refractivity contribution in [2.75, 3.05) is 18.2 Å². The summed E-state index contributed by atoms with van der Waals surface area (Å²) in [6.07, 6.45) is 8.87. The Hall–Kier alpha value is -4.08. The first kappa shape index (κ1) is 22.1. The van der Waals surface area contributed by atoms with Crippen LogP contribution in [-0.2, 0) is 6.54 Å². The van der Waals surface area contributed by atoms with Gasteiger partial charge in [-0.25, -0.2) is 9.97 Å². The number of nitrogens with two attached hydrogens (primary N) is 1. The van der Waals surface area contributed by atoms with Gasteiger partial charge in [-0.2, -0.15) is 0 Å². The molecule has 0 radical (unpaired) electrons. The summed E-state index contributed by atoms with van der Waals surface area (Å²) in [6.45, 7) is 0.183. The first-order valence-electron chi connectivity index (χ1n) is 10.7. The monoisotopic (exact) mass is 446 g/mol. The van der Waals surface area contributed by atoms with Crippen LogP contribution < -0.4 is 21.1 Å². The van der Waals surface area contributed by atoms with E-state index in [1.165, 1.54) is 38.7 Å². The van der Waals surface area contributed by atoms with Gasteiger partial charge < -0.3 is 21.1 Å². The van der Waals surface area contributed by atoms with E-state index >= 15 is 0 Å². The molecule has 1 fully saturated rings. The highest BCUT2D eigenvalue weighted by Gasteiger charge is 2.22. The molecule has 10 heteroatoms. The average molecular weight is 447 g/mol. The van der Waals surface area contributed by atoms with Crippen molar-refractivity contribution >= 4 is 23.3 Å². The highest BCUT2D eigenvalue weighted by atomic mass is 16.5. The minimum absolute atomic E-state index is 0.0886. The van der Waals surface area contributed by atoms with Gasteiger partial charge in [0, 0.05) is 6.04 Å². The van der Waals surface area contributed by atoms with Crippen LogP contribution >= 0.6 is 0 Å². The molecule has 5 N–H and O–H groups in total. The largest absolute Gasteiger partial charge is 0.496 e. The molecule has 0 spiro atoms. The number of ether oxygens (including phenoxy) is 1. The molecule has 0 atom stereocenters. The number of amides is 1. The number of benzene rings is 1. The fourth-order valence-electron chi connectivity index (χ4n) is 3.82. The molecule has 170 valence electrons. The highest BCUT2D eigenvalue weighted by Crippen LogP contribution is 2.26. The molecule has 2 aromatic heterocycles. The fourth-order valence-corrected chi connectivity index (χ4v) is 3.82. The molecular weight excluding hydrogens is 420 g/mol. The maximum atomic E-state index is 12.5. The third-order valence-corrected chi connectivity index (χ3v) is 5.57. The maximum absolute atomic E-state index is 12.5. The smallest absolute Gasteiger partial charge is 0.255 e. The summed E-state index contributed by atoms with van der Waals surface area (Å²) in [5.41, 5.74) is 7.92. The molecule has 10 nitrogen and oxygen atoms in total. The lowest BCUT2D eigenvalue weighted by atomic mass is 10.1. The second-order valence-electron chi connectivity index (χ2n) is 7.76. The van der Waals surface area contributed by atoms with Crippen molar-refractivity contribution in [3.05, 3.63) is 65.5 Å². The van der Waals surface area contributed by atoms with E-state index in [0.717, 1.165) is 12.8 Å². The van der Waals surface area contributed by atoms with Crippen molar-refractivity contribution in [1.82, 2.24) is 25.3 Å². The Morgan fingerprint density at radius 2 is 1.94 bits per heavy atom. The minimum atomic E-state index is -0.275. The standard InChI is InChI=1S/C23H26N8O2/c1-33-18-9-5-4-8-16(18)23(32)28-11-15-10-27-17(12-26-15)20(24)19-21(25)29-13-30-22(19)31-14-6-2-3-7-14/h4-5,8-10,12-14,24H,2-3,6-7,11H2,1H3,(H,28,32)(H3,25,29,30,31). The Labute approximate surface area is 191 Å². The topological polar surface area (TPSA) is 152 Å². The van der Waals surface area contributed by atoms with Crippen LogP contribution in [0.4, 0.5) is 11.6 Å². The van der Waals surface area contributed by atoms with Crippen LogP contribution in [0.1, 0.15) is 53.0 Å². The van der Waals surface area contributed by atoms with Crippen molar-refractivity contribution in [1.29, 1.82) is 5.41 Å². The number of methoxy groups -OCH3 is 1. The van der Waals surface area contributed by atoms with E-state index in [0.29, 0.717) is 40.1 Å². The van der Waals surface area contributed by atoms with Crippen LogP contribution in [0, 0.1) is 5.41 Å². The van der Waals surface area contributed by atoms with E-state index in [1.807, 2.05) is 0 Å². The predicted molar refractivity (Wildman–Crippen MR) is 124 cm³/mol. The maximum Gasteiger partial charge on any atom is 0.255 e. The number of nitrogen functional groups attached to an aromatic ring is 1. The molecule has 1 aromatic carbocycles. The third-order valence-electron chi connectivity index (χ3n) is 5.57. The van der Waals surface area contributed by atoms with Crippen molar-refractivity contribution in [3.8, 4) is 5.75 Å². The Morgan fingerprint density at radius 1 is 1.15 bits per heavy atom. The second-order valence-corrected chi connectivity index (χ2v) is 7.76. The molecule has 33 heavy (non-hydrogen) atoms. The zero-order valence-corrected chi connectivity index (χ0v) is 18.3. The van der Waals surface area contributed by atoms with E-state index in [-0.39, 0.29) is 24.0 Å². The van der Waals surface area contributed by atoms with E-state index in [9.17, 15) is 4.79 Å². The molecule has 1 aliphatic carbocycles. The molecule has 1 saturated carbocycles. The number of rotatable bonds is 8. The van der Waals surface area contributed by atoms with Crippen molar-refractivity contribution in [2.24, 2.45) is 0 Å². The SMILES string of the molecule is COc1ccccc1C(=O)NCc1cnc(C(=N)c2c(N)ncnc2NC2CCCC2)cn1. The number of hydrogen-bond acceptors (Lipinski definition) is 9. The first-order chi connectivity index (χ1) is 16.1. The van der Waals surface area contributed by atoms with Gasteiger partial charge in [-0.1, -0.05) is 25.0 Å². The zero-order chi connectivity index (χ0) is 23.2. The first-order valence-corrected chi connectivity index (χ1v) is 10.7. The van der Waals surface area contributed by atoms with Crippen molar-refractivity contribution in [2.45, 2.75) is 38.3 Å². The molecule has 3 aromatic rings. The number of nitrogens with zero attached hydrogens (tertiary/aromatic N) is 4. The zero-order valence-electron chi connectivity index (χ0n) is 18.3. The second kappa shape index (κ2) is 10.0. The normalized spacial score (nSPS) is 13.5. The van der Waals surface area contributed by atoms with E-state index in [4.69, 9.17) is 15.9 Å². The minimum Gasteiger partial charge on any atom is -0.496 e. The lowest BCUT2D eigenvalue weighted by Crippen LogP contribution is -2.24. The molecular formula is C23H26N8O2. The summed E-state index contributed by atoms with van der Waals surface area (Å²) in [6, 6.07) is 7.30. The number of carbonyl (C=O) groups excluding carboxylic acids is 1. The molecule has 0 saturated heterocycles.